The maximum atomic E-state index is 12.4. The van der Waals surface area contributed by atoms with E-state index in [1.54, 1.807) is 0 Å². The Labute approximate surface area is 135 Å². The summed E-state index contributed by atoms with van der Waals surface area (Å²) in [5.41, 5.74) is -1.61. The zero-order chi connectivity index (χ0) is 19.2. The van der Waals surface area contributed by atoms with E-state index in [0.29, 0.717) is 0 Å². The summed E-state index contributed by atoms with van der Waals surface area (Å²) in [5.74, 6) is -4.43. The number of rotatable bonds is 3. The standard InChI is InChI=1S/C14H7F6NO4/c1-6(11(24)25-12(13(15,16)17)14(18,19)20)21-9(22)7-4-2-3-5-8(7)10(21)23/h2-5,12H,1H2. The van der Waals surface area contributed by atoms with Crippen LogP contribution in [0.25, 0.3) is 0 Å². The van der Waals surface area contributed by atoms with Gasteiger partial charge in [0, 0.05) is 0 Å². The van der Waals surface area contributed by atoms with Crippen LogP contribution >= 0.6 is 0 Å². The van der Waals surface area contributed by atoms with Gasteiger partial charge in [-0.2, -0.15) is 26.3 Å². The number of carbonyl (C=O) groups excluding carboxylic acids is 3. The number of esters is 1. The van der Waals surface area contributed by atoms with Crippen LogP contribution in [0.4, 0.5) is 26.3 Å². The molecule has 1 aromatic carbocycles. The van der Waals surface area contributed by atoms with Crippen LogP contribution in [-0.4, -0.2) is 41.1 Å². The molecule has 0 saturated heterocycles. The molecule has 0 bridgehead atoms. The summed E-state index contributed by atoms with van der Waals surface area (Å²) in [4.78, 5) is 35.7. The van der Waals surface area contributed by atoms with E-state index in [9.17, 15) is 40.7 Å². The molecule has 0 radical (unpaired) electrons. The highest BCUT2D eigenvalue weighted by Crippen LogP contribution is 2.36. The van der Waals surface area contributed by atoms with Crippen LogP contribution in [-0.2, 0) is 9.53 Å². The number of amides is 2. The van der Waals surface area contributed by atoms with Crippen molar-refractivity contribution in [3.05, 3.63) is 47.7 Å². The molecule has 1 heterocycles. The van der Waals surface area contributed by atoms with Crippen molar-refractivity contribution in [2.45, 2.75) is 18.5 Å². The Morgan fingerprint density at radius 2 is 1.36 bits per heavy atom. The Morgan fingerprint density at radius 1 is 0.960 bits per heavy atom. The van der Waals surface area contributed by atoms with Crippen LogP contribution in [0, 0.1) is 0 Å². The summed E-state index contributed by atoms with van der Waals surface area (Å²) in [6.45, 7) is 2.91. The predicted octanol–water partition coefficient (Wildman–Crippen LogP) is 2.83. The first kappa shape index (κ1) is 18.5. The Bertz CT molecular complexity index is 718. The molecule has 5 nitrogen and oxygen atoms in total. The predicted molar refractivity (Wildman–Crippen MR) is 68.1 cm³/mol. The van der Waals surface area contributed by atoms with Crippen molar-refractivity contribution in [1.82, 2.24) is 4.90 Å². The van der Waals surface area contributed by atoms with Crippen molar-refractivity contribution >= 4 is 17.8 Å². The molecular formula is C14H7F6NO4. The number of hydrogen-bond donors (Lipinski definition) is 0. The number of fused-ring (bicyclic) bond motifs is 1. The molecular weight excluding hydrogens is 360 g/mol. The van der Waals surface area contributed by atoms with Gasteiger partial charge in [-0.3, -0.25) is 9.59 Å². The number of alkyl halides is 6. The Kier molecular flexibility index (Phi) is 4.36. The molecule has 1 aliphatic heterocycles. The number of hydrogen-bond acceptors (Lipinski definition) is 4. The van der Waals surface area contributed by atoms with Crippen molar-refractivity contribution < 1.29 is 45.5 Å². The van der Waals surface area contributed by atoms with Crippen LogP contribution in [0.1, 0.15) is 20.7 Å². The summed E-state index contributed by atoms with van der Waals surface area (Å²) in [5, 5.41) is 0. The highest BCUT2D eigenvalue weighted by Gasteiger charge is 2.60. The van der Waals surface area contributed by atoms with Gasteiger partial charge in [0.25, 0.3) is 17.9 Å². The minimum absolute atomic E-state index is 0.0663. The summed E-state index contributed by atoms with van der Waals surface area (Å²) in [7, 11) is 0. The van der Waals surface area contributed by atoms with E-state index in [1.807, 2.05) is 0 Å². The second-order valence-electron chi connectivity index (χ2n) is 4.81. The Morgan fingerprint density at radius 3 is 1.72 bits per heavy atom. The molecule has 0 unspecified atom stereocenters. The van der Waals surface area contributed by atoms with Gasteiger partial charge in [-0.1, -0.05) is 18.7 Å². The number of nitrogens with zero attached hydrogens (tertiary/aromatic N) is 1. The first-order valence-corrected chi connectivity index (χ1v) is 6.37. The smallest absolute Gasteiger partial charge is 0.434 e. The number of ether oxygens (including phenoxy) is 1. The lowest BCUT2D eigenvalue weighted by Crippen LogP contribution is -2.47. The lowest BCUT2D eigenvalue weighted by atomic mass is 10.1. The molecule has 0 fully saturated rings. The van der Waals surface area contributed by atoms with Gasteiger partial charge in [-0.05, 0) is 12.1 Å². The van der Waals surface area contributed by atoms with Crippen LogP contribution in [0.15, 0.2) is 36.5 Å². The normalized spacial score (nSPS) is 14.8. The third-order valence-corrected chi connectivity index (χ3v) is 3.12. The van der Waals surface area contributed by atoms with E-state index >= 15 is 0 Å². The fraction of sp³-hybridized carbons (Fsp3) is 0.214. The van der Waals surface area contributed by atoms with Gasteiger partial charge in [-0.15, -0.1) is 0 Å². The molecule has 0 spiro atoms. The molecule has 134 valence electrons. The summed E-state index contributed by atoms with van der Waals surface area (Å²) < 4.78 is 77.9. The van der Waals surface area contributed by atoms with Gasteiger partial charge < -0.3 is 4.74 Å². The average molecular weight is 367 g/mol. The molecule has 1 aliphatic rings. The van der Waals surface area contributed by atoms with Gasteiger partial charge in [0.2, 0.25) is 0 Å². The molecule has 0 saturated carbocycles. The maximum Gasteiger partial charge on any atom is 0.434 e. The first-order chi connectivity index (χ1) is 11.4. The van der Waals surface area contributed by atoms with E-state index in [1.165, 1.54) is 24.3 Å². The molecule has 25 heavy (non-hydrogen) atoms. The fourth-order valence-electron chi connectivity index (χ4n) is 2.02. The summed E-state index contributed by atoms with van der Waals surface area (Å²) >= 11 is 0. The van der Waals surface area contributed by atoms with Crippen molar-refractivity contribution in [2.75, 3.05) is 0 Å². The summed E-state index contributed by atoms with van der Waals surface area (Å²) in [6, 6.07) is 5.14. The molecule has 0 aliphatic carbocycles. The molecule has 2 amide bonds. The zero-order valence-electron chi connectivity index (χ0n) is 11.9. The van der Waals surface area contributed by atoms with E-state index in [-0.39, 0.29) is 16.0 Å². The van der Waals surface area contributed by atoms with Gasteiger partial charge >= 0.3 is 18.3 Å². The third-order valence-electron chi connectivity index (χ3n) is 3.12. The zero-order valence-corrected chi connectivity index (χ0v) is 11.9. The van der Waals surface area contributed by atoms with Gasteiger partial charge in [-0.25, -0.2) is 9.69 Å². The highest BCUT2D eigenvalue weighted by molar-refractivity contribution is 6.24. The minimum Gasteiger partial charge on any atom is -0.438 e. The van der Waals surface area contributed by atoms with Crippen molar-refractivity contribution in [3.63, 3.8) is 0 Å². The van der Waals surface area contributed by atoms with E-state index in [2.05, 4.69) is 11.3 Å². The fourth-order valence-corrected chi connectivity index (χ4v) is 2.02. The Hall–Kier alpha value is -2.85. The second-order valence-corrected chi connectivity index (χ2v) is 4.81. The van der Waals surface area contributed by atoms with Gasteiger partial charge in [0.15, 0.2) is 0 Å². The SMILES string of the molecule is C=C(C(=O)OC(C(F)(F)F)C(F)(F)F)N1C(=O)c2ccccc2C1=O. The molecule has 11 heteroatoms. The first-order valence-electron chi connectivity index (χ1n) is 6.37. The molecule has 0 aromatic heterocycles. The lowest BCUT2D eigenvalue weighted by molar-refractivity contribution is -0.312. The summed E-state index contributed by atoms with van der Waals surface area (Å²) in [6.07, 6.45) is -16.3. The van der Waals surface area contributed by atoms with E-state index in [0.717, 1.165) is 0 Å². The van der Waals surface area contributed by atoms with E-state index < -0.39 is 41.9 Å². The van der Waals surface area contributed by atoms with Gasteiger partial charge in [0.1, 0.15) is 5.70 Å². The Balaban J connectivity index is 2.26. The average Bonchev–Trinajstić information content (AvgIpc) is 2.74. The number of benzene rings is 1. The van der Waals surface area contributed by atoms with Crippen molar-refractivity contribution in [2.24, 2.45) is 0 Å². The van der Waals surface area contributed by atoms with Crippen LogP contribution in [0.2, 0.25) is 0 Å². The number of halogens is 6. The van der Waals surface area contributed by atoms with Crippen LogP contribution in [0.3, 0.4) is 0 Å². The number of carbonyl (C=O) groups is 3. The largest absolute Gasteiger partial charge is 0.438 e. The van der Waals surface area contributed by atoms with Crippen LogP contribution < -0.4 is 0 Å². The second kappa shape index (κ2) is 5.90. The topological polar surface area (TPSA) is 63.7 Å². The van der Waals surface area contributed by atoms with Gasteiger partial charge in [0.05, 0.1) is 11.1 Å². The highest BCUT2D eigenvalue weighted by atomic mass is 19.4. The van der Waals surface area contributed by atoms with Crippen LogP contribution in [0.5, 0.6) is 0 Å². The van der Waals surface area contributed by atoms with E-state index in [4.69, 9.17) is 0 Å². The molecule has 2 rings (SSSR count). The monoisotopic (exact) mass is 367 g/mol. The molecule has 1 aromatic rings. The third kappa shape index (κ3) is 3.35. The minimum atomic E-state index is -5.93. The molecule has 0 atom stereocenters. The maximum absolute atomic E-state index is 12.4. The van der Waals surface area contributed by atoms with Crippen molar-refractivity contribution in [3.8, 4) is 0 Å². The van der Waals surface area contributed by atoms with Crippen molar-refractivity contribution in [1.29, 1.82) is 0 Å². The number of imide groups is 1. The lowest BCUT2D eigenvalue weighted by Gasteiger charge is -2.24. The quantitative estimate of drug-likeness (QED) is 0.357. The molecule has 0 N–H and O–H groups in total.